The highest BCUT2D eigenvalue weighted by molar-refractivity contribution is 5.92. The fourth-order valence-electron chi connectivity index (χ4n) is 3.04. The molecule has 2 rings (SSSR count). The molecule has 0 spiro atoms. The number of nitrogens with zero attached hydrogens (tertiary/aromatic N) is 4. The molecule has 134 valence electrons. The molecule has 0 bridgehead atoms. The number of carbonyl (C=O) groups is 1. The summed E-state index contributed by atoms with van der Waals surface area (Å²) in [6.45, 7) is 8.53. The third kappa shape index (κ3) is 4.88. The van der Waals surface area contributed by atoms with Gasteiger partial charge in [-0.25, -0.2) is 9.97 Å². The molecule has 1 aromatic heterocycles. The van der Waals surface area contributed by atoms with E-state index in [9.17, 15) is 4.79 Å². The molecule has 1 amide bonds. The molecule has 1 atom stereocenters. The molecule has 1 aliphatic rings. The van der Waals surface area contributed by atoms with Gasteiger partial charge >= 0.3 is 0 Å². The van der Waals surface area contributed by atoms with Gasteiger partial charge in [-0.2, -0.15) is 0 Å². The second-order valence-corrected chi connectivity index (χ2v) is 6.82. The van der Waals surface area contributed by atoms with Crippen molar-refractivity contribution >= 4 is 11.9 Å². The first-order valence-corrected chi connectivity index (χ1v) is 8.52. The van der Waals surface area contributed by atoms with Crippen LogP contribution in [0.3, 0.4) is 0 Å². The first-order chi connectivity index (χ1) is 11.4. The molecule has 1 unspecified atom stereocenters. The Balaban J connectivity index is 1.95. The number of likely N-dealkylation sites (tertiary alicyclic amines) is 1. The van der Waals surface area contributed by atoms with E-state index in [1.54, 1.807) is 18.1 Å². The standard InChI is InChI=1S/C17H29N5O2/c1-12(2)14-9-15(20-17(18)19-14)16(23)21(3)10-13-5-6-22(11-13)7-8-24-4/h9,12-13H,5-8,10-11H2,1-4H3,(H2,18,19,20). The van der Waals surface area contributed by atoms with Crippen molar-refractivity contribution in [1.29, 1.82) is 0 Å². The number of methoxy groups -OCH3 is 1. The van der Waals surface area contributed by atoms with E-state index in [4.69, 9.17) is 10.5 Å². The van der Waals surface area contributed by atoms with E-state index in [2.05, 4.69) is 14.9 Å². The second-order valence-electron chi connectivity index (χ2n) is 6.82. The van der Waals surface area contributed by atoms with Crippen molar-refractivity contribution in [2.24, 2.45) is 5.92 Å². The fourth-order valence-corrected chi connectivity index (χ4v) is 3.04. The molecule has 1 aliphatic heterocycles. The molecule has 24 heavy (non-hydrogen) atoms. The van der Waals surface area contributed by atoms with Gasteiger partial charge in [-0.05, 0) is 30.9 Å². The number of carbonyl (C=O) groups excluding carboxylic acids is 1. The van der Waals surface area contributed by atoms with Crippen LogP contribution in [0.4, 0.5) is 5.95 Å². The van der Waals surface area contributed by atoms with Gasteiger partial charge in [0.1, 0.15) is 5.69 Å². The van der Waals surface area contributed by atoms with Crippen LogP contribution in [0.25, 0.3) is 0 Å². The summed E-state index contributed by atoms with van der Waals surface area (Å²) >= 11 is 0. The lowest BCUT2D eigenvalue weighted by atomic mass is 10.1. The summed E-state index contributed by atoms with van der Waals surface area (Å²) in [4.78, 5) is 25.1. The van der Waals surface area contributed by atoms with Gasteiger partial charge in [0.05, 0.1) is 6.61 Å². The SMILES string of the molecule is COCCN1CCC(CN(C)C(=O)c2cc(C(C)C)nc(N)n2)C1. The molecule has 0 radical (unpaired) electrons. The van der Waals surface area contributed by atoms with E-state index in [0.717, 1.165) is 44.9 Å². The zero-order valence-electron chi connectivity index (χ0n) is 15.2. The smallest absolute Gasteiger partial charge is 0.272 e. The zero-order chi connectivity index (χ0) is 17.7. The summed E-state index contributed by atoms with van der Waals surface area (Å²) in [5.74, 6) is 0.752. The molecule has 0 aromatic carbocycles. The lowest BCUT2D eigenvalue weighted by molar-refractivity contribution is 0.0766. The van der Waals surface area contributed by atoms with Gasteiger partial charge in [0.15, 0.2) is 0 Å². The largest absolute Gasteiger partial charge is 0.383 e. The van der Waals surface area contributed by atoms with Gasteiger partial charge in [0.2, 0.25) is 5.95 Å². The minimum atomic E-state index is -0.0960. The van der Waals surface area contributed by atoms with Gasteiger partial charge in [0, 0.05) is 39.5 Å². The highest BCUT2D eigenvalue weighted by Gasteiger charge is 2.25. The average Bonchev–Trinajstić information content (AvgIpc) is 2.98. The molecule has 7 heteroatoms. The molecule has 7 nitrogen and oxygen atoms in total. The van der Waals surface area contributed by atoms with Crippen LogP contribution >= 0.6 is 0 Å². The van der Waals surface area contributed by atoms with Crippen LogP contribution < -0.4 is 5.73 Å². The molecule has 1 aromatic rings. The number of nitrogens with two attached hydrogens (primary N) is 1. The lowest BCUT2D eigenvalue weighted by Crippen LogP contribution is -2.34. The Labute approximate surface area is 144 Å². The predicted octanol–water partition coefficient (Wildman–Crippen LogP) is 1.22. The van der Waals surface area contributed by atoms with E-state index in [0.29, 0.717) is 11.6 Å². The maximum Gasteiger partial charge on any atom is 0.272 e. The predicted molar refractivity (Wildman–Crippen MR) is 93.9 cm³/mol. The maximum absolute atomic E-state index is 12.7. The van der Waals surface area contributed by atoms with Crippen molar-refractivity contribution in [2.75, 3.05) is 52.7 Å². The monoisotopic (exact) mass is 335 g/mol. The number of nitrogen functional groups attached to an aromatic ring is 1. The Bertz CT molecular complexity index is 564. The molecular weight excluding hydrogens is 306 g/mol. The minimum absolute atomic E-state index is 0.0960. The van der Waals surface area contributed by atoms with Crippen molar-refractivity contribution in [3.8, 4) is 0 Å². The van der Waals surface area contributed by atoms with Crippen LogP contribution in [0.5, 0.6) is 0 Å². The van der Waals surface area contributed by atoms with Gasteiger partial charge < -0.3 is 20.3 Å². The van der Waals surface area contributed by atoms with Crippen LogP contribution in [0.1, 0.15) is 42.4 Å². The Morgan fingerprint density at radius 1 is 1.50 bits per heavy atom. The number of rotatable bonds is 7. The quantitative estimate of drug-likeness (QED) is 0.806. The van der Waals surface area contributed by atoms with Gasteiger partial charge in [-0.15, -0.1) is 0 Å². The summed E-state index contributed by atoms with van der Waals surface area (Å²) in [7, 11) is 3.55. The second kappa shape index (κ2) is 8.39. The first kappa shape index (κ1) is 18.6. The number of anilines is 1. The fraction of sp³-hybridized carbons (Fsp3) is 0.706. The van der Waals surface area contributed by atoms with Crippen molar-refractivity contribution in [3.05, 3.63) is 17.5 Å². The van der Waals surface area contributed by atoms with E-state index in [1.807, 2.05) is 20.9 Å². The number of amides is 1. The Kier molecular flexibility index (Phi) is 6.51. The summed E-state index contributed by atoms with van der Waals surface area (Å²) in [5, 5.41) is 0. The van der Waals surface area contributed by atoms with Crippen molar-refractivity contribution in [2.45, 2.75) is 26.2 Å². The minimum Gasteiger partial charge on any atom is -0.383 e. The molecule has 1 fully saturated rings. The molecule has 1 saturated heterocycles. The number of aromatic nitrogens is 2. The van der Waals surface area contributed by atoms with Gasteiger partial charge in [-0.3, -0.25) is 4.79 Å². The van der Waals surface area contributed by atoms with Gasteiger partial charge in [-0.1, -0.05) is 13.8 Å². The molecule has 2 heterocycles. The third-order valence-corrected chi connectivity index (χ3v) is 4.43. The Hall–Kier alpha value is -1.73. The van der Waals surface area contributed by atoms with E-state index in [-0.39, 0.29) is 17.8 Å². The van der Waals surface area contributed by atoms with Crippen LogP contribution in [0, 0.1) is 5.92 Å². The summed E-state index contributed by atoms with van der Waals surface area (Å²) in [6.07, 6.45) is 1.10. The highest BCUT2D eigenvalue weighted by atomic mass is 16.5. The van der Waals surface area contributed by atoms with Gasteiger partial charge in [0.25, 0.3) is 5.91 Å². The van der Waals surface area contributed by atoms with Crippen molar-refractivity contribution in [1.82, 2.24) is 19.8 Å². The average molecular weight is 335 g/mol. The zero-order valence-corrected chi connectivity index (χ0v) is 15.2. The molecule has 0 saturated carbocycles. The summed E-state index contributed by atoms with van der Waals surface area (Å²) < 4.78 is 5.13. The lowest BCUT2D eigenvalue weighted by Gasteiger charge is -2.22. The Morgan fingerprint density at radius 3 is 2.92 bits per heavy atom. The van der Waals surface area contributed by atoms with Crippen LogP contribution in [0.2, 0.25) is 0 Å². The maximum atomic E-state index is 12.7. The first-order valence-electron chi connectivity index (χ1n) is 8.52. The highest BCUT2D eigenvalue weighted by Crippen LogP contribution is 2.19. The van der Waals surface area contributed by atoms with Crippen LogP contribution in [-0.2, 0) is 4.74 Å². The van der Waals surface area contributed by atoms with Crippen molar-refractivity contribution < 1.29 is 9.53 Å². The van der Waals surface area contributed by atoms with E-state index >= 15 is 0 Å². The number of ether oxygens (including phenoxy) is 1. The molecule has 0 aliphatic carbocycles. The summed E-state index contributed by atoms with van der Waals surface area (Å²) in [6, 6.07) is 1.75. The molecule has 2 N–H and O–H groups in total. The summed E-state index contributed by atoms with van der Waals surface area (Å²) in [5.41, 5.74) is 6.93. The molecular formula is C17H29N5O2. The van der Waals surface area contributed by atoms with Crippen LogP contribution in [0.15, 0.2) is 6.07 Å². The normalized spacial score (nSPS) is 18.3. The Morgan fingerprint density at radius 2 is 2.25 bits per heavy atom. The topological polar surface area (TPSA) is 84.6 Å². The van der Waals surface area contributed by atoms with Crippen molar-refractivity contribution in [3.63, 3.8) is 0 Å². The number of hydrogen-bond donors (Lipinski definition) is 1. The van der Waals surface area contributed by atoms with E-state index in [1.165, 1.54) is 0 Å². The third-order valence-electron chi connectivity index (χ3n) is 4.43. The van der Waals surface area contributed by atoms with Crippen LogP contribution in [-0.4, -0.2) is 72.6 Å². The number of hydrogen-bond acceptors (Lipinski definition) is 6. The van der Waals surface area contributed by atoms with E-state index < -0.39 is 0 Å².